The first-order valence-corrected chi connectivity index (χ1v) is 8.92. The Labute approximate surface area is 122 Å². The number of fused-ring (bicyclic) bond motifs is 1. The highest BCUT2D eigenvalue weighted by Crippen LogP contribution is 2.32. The number of halogens is 1. The van der Waals surface area contributed by atoms with E-state index in [1.165, 1.54) is 6.07 Å². The number of carbonyl (C=O) groups is 1. The summed E-state index contributed by atoms with van der Waals surface area (Å²) in [5.41, 5.74) is 1.66. The minimum Gasteiger partial charge on any atom is -0.324 e. The highest BCUT2D eigenvalue weighted by Gasteiger charge is 2.30. The molecule has 1 fully saturated rings. The standard InChI is InChI=1S/C13H15ClN2O3S/c14-20(18,19)11-3-4-12-10(9-11)5-8-16(12)13(17)15-6-1-2-7-15/h3-4,9H,1-2,5-8H2. The molecule has 0 atom stereocenters. The van der Waals surface area contributed by atoms with Crippen LogP contribution >= 0.6 is 10.7 Å². The lowest BCUT2D eigenvalue weighted by atomic mass is 10.2. The summed E-state index contributed by atoms with van der Waals surface area (Å²) in [5.74, 6) is 0. The molecule has 0 aliphatic carbocycles. The highest BCUT2D eigenvalue weighted by molar-refractivity contribution is 8.13. The van der Waals surface area contributed by atoms with Crippen molar-refractivity contribution in [1.29, 1.82) is 0 Å². The average molecular weight is 315 g/mol. The van der Waals surface area contributed by atoms with Crippen LogP contribution < -0.4 is 4.90 Å². The maximum atomic E-state index is 12.4. The zero-order chi connectivity index (χ0) is 14.3. The summed E-state index contributed by atoms with van der Waals surface area (Å²) >= 11 is 0. The predicted octanol–water partition coefficient (Wildman–Crippen LogP) is 2.19. The SMILES string of the molecule is O=C(N1CCCC1)N1CCc2cc(S(=O)(=O)Cl)ccc21. The number of nitrogens with zero attached hydrogens (tertiary/aromatic N) is 2. The smallest absolute Gasteiger partial charge is 0.324 e. The van der Waals surface area contributed by atoms with Crippen molar-refractivity contribution in [2.45, 2.75) is 24.2 Å². The van der Waals surface area contributed by atoms with Crippen LogP contribution in [0.5, 0.6) is 0 Å². The first-order chi connectivity index (χ1) is 9.47. The summed E-state index contributed by atoms with van der Waals surface area (Å²) in [7, 11) is 1.63. The quantitative estimate of drug-likeness (QED) is 0.747. The van der Waals surface area contributed by atoms with Crippen molar-refractivity contribution in [2.24, 2.45) is 0 Å². The highest BCUT2D eigenvalue weighted by atomic mass is 35.7. The van der Waals surface area contributed by atoms with Gasteiger partial charge < -0.3 is 4.90 Å². The van der Waals surface area contributed by atoms with Gasteiger partial charge in [-0.1, -0.05) is 0 Å². The fraction of sp³-hybridized carbons (Fsp3) is 0.462. The maximum absolute atomic E-state index is 12.4. The molecule has 0 bridgehead atoms. The largest absolute Gasteiger partial charge is 0.324 e. The molecule has 1 saturated heterocycles. The second-order valence-electron chi connectivity index (χ2n) is 5.11. The van der Waals surface area contributed by atoms with E-state index in [1.807, 2.05) is 4.90 Å². The molecular formula is C13H15ClN2O3S. The molecule has 2 aliphatic heterocycles. The molecule has 0 radical (unpaired) electrons. The first kappa shape index (κ1) is 13.7. The van der Waals surface area contributed by atoms with E-state index in [0.717, 1.165) is 37.2 Å². The van der Waals surface area contributed by atoms with Crippen LogP contribution in [0.1, 0.15) is 18.4 Å². The molecule has 0 saturated carbocycles. The zero-order valence-corrected chi connectivity index (χ0v) is 12.5. The Hall–Kier alpha value is -1.27. The summed E-state index contributed by atoms with van der Waals surface area (Å²) in [5, 5.41) is 0. The van der Waals surface area contributed by atoms with E-state index < -0.39 is 9.05 Å². The van der Waals surface area contributed by atoms with E-state index in [1.54, 1.807) is 17.0 Å². The number of urea groups is 1. The number of likely N-dealkylation sites (tertiary alicyclic amines) is 1. The molecule has 0 spiro atoms. The van der Waals surface area contributed by atoms with Gasteiger partial charge in [-0.2, -0.15) is 0 Å². The van der Waals surface area contributed by atoms with Gasteiger partial charge in [0.1, 0.15) is 0 Å². The lowest BCUT2D eigenvalue weighted by Gasteiger charge is -2.24. The predicted molar refractivity (Wildman–Crippen MR) is 76.7 cm³/mol. The van der Waals surface area contributed by atoms with Crippen LogP contribution in [0.15, 0.2) is 23.1 Å². The van der Waals surface area contributed by atoms with Gasteiger partial charge in [0.2, 0.25) is 0 Å². The normalized spacial score (nSPS) is 18.4. The molecule has 0 N–H and O–H groups in total. The number of anilines is 1. The van der Waals surface area contributed by atoms with Crippen molar-refractivity contribution >= 4 is 31.5 Å². The van der Waals surface area contributed by atoms with E-state index >= 15 is 0 Å². The molecule has 2 amide bonds. The molecule has 1 aromatic carbocycles. The van der Waals surface area contributed by atoms with Gasteiger partial charge in [-0.05, 0) is 43.0 Å². The third-order valence-corrected chi connectivity index (χ3v) is 5.19. The van der Waals surface area contributed by atoms with E-state index in [0.29, 0.717) is 13.0 Å². The number of hydrogen-bond donors (Lipinski definition) is 0. The fourth-order valence-corrected chi connectivity index (χ4v) is 3.61. The maximum Gasteiger partial charge on any atom is 0.324 e. The molecule has 0 unspecified atom stereocenters. The molecule has 108 valence electrons. The zero-order valence-electron chi connectivity index (χ0n) is 10.9. The summed E-state index contributed by atoms with van der Waals surface area (Å²) in [6.45, 7) is 2.20. The van der Waals surface area contributed by atoms with Gasteiger partial charge in [-0.25, -0.2) is 13.2 Å². The summed E-state index contributed by atoms with van der Waals surface area (Å²) < 4.78 is 22.7. The molecular weight excluding hydrogens is 300 g/mol. The average Bonchev–Trinajstić information content (AvgIpc) is 3.06. The van der Waals surface area contributed by atoms with Crippen molar-refractivity contribution in [2.75, 3.05) is 24.5 Å². The van der Waals surface area contributed by atoms with Crippen LogP contribution in [-0.2, 0) is 15.5 Å². The second-order valence-corrected chi connectivity index (χ2v) is 7.67. The topological polar surface area (TPSA) is 57.7 Å². The lowest BCUT2D eigenvalue weighted by molar-refractivity contribution is 0.216. The third-order valence-electron chi connectivity index (χ3n) is 3.84. The van der Waals surface area contributed by atoms with Crippen molar-refractivity contribution < 1.29 is 13.2 Å². The van der Waals surface area contributed by atoms with Crippen molar-refractivity contribution in [3.05, 3.63) is 23.8 Å². The Morgan fingerprint density at radius 3 is 2.50 bits per heavy atom. The van der Waals surface area contributed by atoms with Crippen LogP contribution in [-0.4, -0.2) is 39.0 Å². The Morgan fingerprint density at radius 1 is 1.15 bits per heavy atom. The van der Waals surface area contributed by atoms with Gasteiger partial charge in [-0.15, -0.1) is 0 Å². The van der Waals surface area contributed by atoms with E-state index in [9.17, 15) is 13.2 Å². The Balaban J connectivity index is 1.89. The van der Waals surface area contributed by atoms with Crippen LogP contribution in [0.2, 0.25) is 0 Å². The van der Waals surface area contributed by atoms with Gasteiger partial charge in [0.05, 0.1) is 4.90 Å². The van der Waals surface area contributed by atoms with E-state index in [4.69, 9.17) is 10.7 Å². The molecule has 5 nitrogen and oxygen atoms in total. The van der Waals surface area contributed by atoms with Gasteiger partial charge in [0.15, 0.2) is 0 Å². The molecule has 2 heterocycles. The summed E-state index contributed by atoms with van der Waals surface area (Å²) in [6, 6.07) is 4.71. The third kappa shape index (κ3) is 2.38. The molecule has 2 aliphatic rings. The van der Waals surface area contributed by atoms with Crippen LogP contribution in [0.3, 0.4) is 0 Å². The van der Waals surface area contributed by atoms with Crippen molar-refractivity contribution in [3.8, 4) is 0 Å². The molecule has 1 aromatic rings. The Bertz CT molecular complexity index is 654. The first-order valence-electron chi connectivity index (χ1n) is 6.61. The molecule has 3 rings (SSSR count). The van der Waals surface area contributed by atoms with Crippen LogP contribution in [0.4, 0.5) is 10.5 Å². The lowest BCUT2D eigenvalue weighted by Crippen LogP contribution is -2.40. The van der Waals surface area contributed by atoms with Gasteiger partial charge in [0, 0.05) is 36.0 Å². The second kappa shape index (κ2) is 4.93. The molecule has 20 heavy (non-hydrogen) atoms. The minimum atomic E-state index is -3.72. The summed E-state index contributed by atoms with van der Waals surface area (Å²) in [4.78, 5) is 16.1. The summed E-state index contributed by atoms with van der Waals surface area (Å²) in [6.07, 6.45) is 2.76. The number of benzene rings is 1. The van der Waals surface area contributed by atoms with E-state index in [-0.39, 0.29) is 10.9 Å². The molecule has 7 heteroatoms. The van der Waals surface area contributed by atoms with Crippen LogP contribution in [0, 0.1) is 0 Å². The van der Waals surface area contributed by atoms with Crippen LogP contribution in [0.25, 0.3) is 0 Å². The number of hydrogen-bond acceptors (Lipinski definition) is 3. The molecule has 0 aromatic heterocycles. The van der Waals surface area contributed by atoms with E-state index in [2.05, 4.69) is 0 Å². The number of amides is 2. The number of rotatable bonds is 1. The monoisotopic (exact) mass is 314 g/mol. The fourth-order valence-electron chi connectivity index (χ4n) is 2.81. The van der Waals surface area contributed by atoms with Crippen molar-refractivity contribution in [1.82, 2.24) is 4.90 Å². The number of carbonyl (C=O) groups excluding carboxylic acids is 1. The minimum absolute atomic E-state index is 0.0164. The Kier molecular flexibility index (Phi) is 3.38. The van der Waals surface area contributed by atoms with Gasteiger partial charge in [0.25, 0.3) is 9.05 Å². The Morgan fingerprint density at radius 2 is 1.85 bits per heavy atom. The van der Waals surface area contributed by atoms with Crippen molar-refractivity contribution in [3.63, 3.8) is 0 Å². The van der Waals surface area contributed by atoms with Gasteiger partial charge >= 0.3 is 6.03 Å². The van der Waals surface area contributed by atoms with Gasteiger partial charge in [-0.3, -0.25) is 4.90 Å².